The van der Waals surface area contributed by atoms with Crippen molar-refractivity contribution in [2.24, 2.45) is 7.05 Å². The Kier molecular flexibility index (Phi) is 3.73. The molecular formula is C16H17FN4O2. The summed E-state index contributed by atoms with van der Waals surface area (Å²) in [7, 11) is 1.67. The van der Waals surface area contributed by atoms with Crippen LogP contribution in [0.5, 0.6) is 0 Å². The average molecular weight is 316 g/mol. The molecule has 3 rings (SSSR count). The van der Waals surface area contributed by atoms with E-state index in [1.54, 1.807) is 33.0 Å². The highest BCUT2D eigenvalue weighted by atomic mass is 19.1. The molecule has 0 aliphatic heterocycles. The number of nitrogens with zero attached hydrogens (tertiary/aromatic N) is 4. The standard InChI is InChI=1S/C16H17FN4O2/c1-9-4-5-11(8-12(9)17)15-18-13-10(2)19-20(3)14(13)16(23)21(15)6-7-22/h4-5,8,22H,6-7H2,1-3H3. The lowest BCUT2D eigenvalue weighted by Crippen LogP contribution is -2.26. The van der Waals surface area contributed by atoms with Crippen LogP contribution in [-0.2, 0) is 13.6 Å². The first-order chi connectivity index (χ1) is 10.9. The van der Waals surface area contributed by atoms with Crippen LogP contribution in [0.1, 0.15) is 11.3 Å². The van der Waals surface area contributed by atoms with Gasteiger partial charge in [-0.05, 0) is 25.5 Å². The largest absolute Gasteiger partial charge is 0.395 e. The number of halogens is 1. The van der Waals surface area contributed by atoms with Gasteiger partial charge in [-0.15, -0.1) is 0 Å². The Morgan fingerprint density at radius 3 is 2.70 bits per heavy atom. The molecule has 0 radical (unpaired) electrons. The number of benzene rings is 1. The van der Waals surface area contributed by atoms with Crippen LogP contribution >= 0.6 is 0 Å². The minimum absolute atomic E-state index is 0.0802. The summed E-state index contributed by atoms with van der Waals surface area (Å²) >= 11 is 0. The topological polar surface area (TPSA) is 72.9 Å². The fourth-order valence-corrected chi connectivity index (χ4v) is 2.67. The van der Waals surface area contributed by atoms with Crippen LogP contribution < -0.4 is 5.56 Å². The van der Waals surface area contributed by atoms with E-state index in [0.29, 0.717) is 33.7 Å². The predicted octanol–water partition coefficient (Wildman–Crippen LogP) is 1.55. The van der Waals surface area contributed by atoms with E-state index in [0.717, 1.165) is 0 Å². The van der Waals surface area contributed by atoms with Gasteiger partial charge in [0.1, 0.15) is 17.2 Å². The normalized spacial score (nSPS) is 11.3. The molecule has 7 heteroatoms. The van der Waals surface area contributed by atoms with Crippen molar-refractivity contribution in [1.82, 2.24) is 19.3 Å². The Morgan fingerprint density at radius 2 is 2.04 bits per heavy atom. The lowest BCUT2D eigenvalue weighted by molar-refractivity contribution is 0.274. The Bertz CT molecular complexity index is 959. The van der Waals surface area contributed by atoms with Gasteiger partial charge in [-0.3, -0.25) is 14.0 Å². The minimum Gasteiger partial charge on any atom is -0.395 e. The summed E-state index contributed by atoms with van der Waals surface area (Å²) in [4.78, 5) is 17.3. The number of aryl methyl sites for hydroxylation is 3. The number of rotatable bonds is 3. The van der Waals surface area contributed by atoms with E-state index in [-0.39, 0.29) is 24.5 Å². The summed E-state index contributed by atoms with van der Waals surface area (Å²) in [6.45, 7) is 3.30. The molecule has 2 heterocycles. The first-order valence-corrected chi connectivity index (χ1v) is 7.25. The molecule has 23 heavy (non-hydrogen) atoms. The molecule has 3 aromatic rings. The maximum Gasteiger partial charge on any atom is 0.280 e. The number of aromatic nitrogens is 4. The van der Waals surface area contributed by atoms with Crippen molar-refractivity contribution in [3.05, 3.63) is 45.6 Å². The van der Waals surface area contributed by atoms with Gasteiger partial charge in [0.05, 0.1) is 18.8 Å². The summed E-state index contributed by atoms with van der Waals surface area (Å²) in [6, 6.07) is 4.70. The molecule has 1 N–H and O–H groups in total. The van der Waals surface area contributed by atoms with Crippen LogP contribution in [0.2, 0.25) is 0 Å². The second-order valence-electron chi connectivity index (χ2n) is 5.49. The zero-order chi connectivity index (χ0) is 16.7. The zero-order valence-corrected chi connectivity index (χ0v) is 13.2. The van der Waals surface area contributed by atoms with E-state index in [1.807, 2.05) is 0 Å². The molecule has 1 aromatic carbocycles. The minimum atomic E-state index is -0.365. The monoisotopic (exact) mass is 316 g/mol. The van der Waals surface area contributed by atoms with Gasteiger partial charge in [0.15, 0.2) is 5.52 Å². The van der Waals surface area contributed by atoms with Gasteiger partial charge < -0.3 is 5.11 Å². The van der Waals surface area contributed by atoms with Gasteiger partial charge in [-0.1, -0.05) is 12.1 Å². The Balaban J connectivity index is 2.38. The SMILES string of the molecule is Cc1ccc(-c2nc3c(C)nn(C)c3c(=O)n2CCO)cc1F. The Morgan fingerprint density at radius 1 is 1.30 bits per heavy atom. The van der Waals surface area contributed by atoms with Crippen LogP contribution in [0.25, 0.3) is 22.4 Å². The van der Waals surface area contributed by atoms with Gasteiger partial charge in [0.2, 0.25) is 0 Å². The van der Waals surface area contributed by atoms with E-state index < -0.39 is 0 Å². The molecule has 0 spiro atoms. The quantitative estimate of drug-likeness (QED) is 0.795. The van der Waals surface area contributed by atoms with Crippen molar-refractivity contribution >= 4 is 11.0 Å². The summed E-state index contributed by atoms with van der Waals surface area (Å²) in [5.41, 5.74) is 2.19. The van der Waals surface area contributed by atoms with Crippen molar-refractivity contribution in [1.29, 1.82) is 0 Å². The molecule has 2 aromatic heterocycles. The molecule has 0 amide bonds. The number of hydrogen-bond acceptors (Lipinski definition) is 4. The van der Waals surface area contributed by atoms with Crippen LogP contribution in [0.15, 0.2) is 23.0 Å². The molecular weight excluding hydrogens is 299 g/mol. The second-order valence-corrected chi connectivity index (χ2v) is 5.49. The molecule has 0 unspecified atom stereocenters. The summed E-state index contributed by atoms with van der Waals surface area (Å²) in [5.74, 6) is -0.0400. The Hall–Kier alpha value is -2.54. The third-order valence-electron chi connectivity index (χ3n) is 3.87. The molecule has 0 fully saturated rings. The highest BCUT2D eigenvalue weighted by Crippen LogP contribution is 2.22. The van der Waals surface area contributed by atoms with Gasteiger partial charge in [-0.2, -0.15) is 5.10 Å². The van der Waals surface area contributed by atoms with Gasteiger partial charge in [0, 0.05) is 12.6 Å². The highest BCUT2D eigenvalue weighted by Gasteiger charge is 2.18. The summed E-state index contributed by atoms with van der Waals surface area (Å²) in [6.07, 6.45) is 0. The van der Waals surface area contributed by atoms with Crippen molar-refractivity contribution < 1.29 is 9.50 Å². The molecule has 0 aliphatic carbocycles. The van der Waals surface area contributed by atoms with Gasteiger partial charge >= 0.3 is 0 Å². The predicted molar refractivity (Wildman–Crippen MR) is 84.7 cm³/mol. The molecule has 120 valence electrons. The number of hydrogen-bond donors (Lipinski definition) is 1. The van der Waals surface area contributed by atoms with E-state index in [2.05, 4.69) is 10.1 Å². The second kappa shape index (κ2) is 5.58. The van der Waals surface area contributed by atoms with Crippen LogP contribution in [0.4, 0.5) is 4.39 Å². The van der Waals surface area contributed by atoms with Gasteiger partial charge in [0.25, 0.3) is 5.56 Å². The smallest absolute Gasteiger partial charge is 0.280 e. The van der Waals surface area contributed by atoms with Crippen molar-refractivity contribution in [3.8, 4) is 11.4 Å². The van der Waals surface area contributed by atoms with E-state index in [9.17, 15) is 14.3 Å². The van der Waals surface area contributed by atoms with Gasteiger partial charge in [-0.25, -0.2) is 9.37 Å². The van der Waals surface area contributed by atoms with E-state index in [1.165, 1.54) is 15.3 Å². The van der Waals surface area contributed by atoms with E-state index in [4.69, 9.17) is 0 Å². The van der Waals surface area contributed by atoms with Crippen LogP contribution in [0.3, 0.4) is 0 Å². The average Bonchev–Trinajstić information content (AvgIpc) is 2.79. The number of aliphatic hydroxyl groups excluding tert-OH is 1. The van der Waals surface area contributed by atoms with E-state index >= 15 is 0 Å². The molecule has 0 saturated carbocycles. The number of fused-ring (bicyclic) bond motifs is 1. The third kappa shape index (κ3) is 2.43. The fourth-order valence-electron chi connectivity index (χ4n) is 2.67. The Labute approximate surface area is 131 Å². The lowest BCUT2D eigenvalue weighted by atomic mass is 10.1. The molecule has 0 atom stereocenters. The lowest BCUT2D eigenvalue weighted by Gasteiger charge is -2.12. The number of aliphatic hydroxyl groups is 1. The maximum absolute atomic E-state index is 13.9. The first kappa shape index (κ1) is 15.4. The molecule has 0 saturated heterocycles. The van der Waals surface area contributed by atoms with Crippen LogP contribution in [-0.4, -0.2) is 31.0 Å². The third-order valence-corrected chi connectivity index (χ3v) is 3.87. The maximum atomic E-state index is 13.9. The van der Waals surface area contributed by atoms with Crippen LogP contribution in [0, 0.1) is 19.7 Å². The summed E-state index contributed by atoms with van der Waals surface area (Å²) in [5, 5.41) is 13.5. The molecule has 0 aliphatic rings. The molecule has 6 nitrogen and oxygen atoms in total. The molecule has 0 bridgehead atoms. The van der Waals surface area contributed by atoms with Crippen molar-refractivity contribution in [3.63, 3.8) is 0 Å². The zero-order valence-electron chi connectivity index (χ0n) is 13.2. The fraction of sp³-hybridized carbons (Fsp3) is 0.312. The van der Waals surface area contributed by atoms with Crippen molar-refractivity contribution in [2.45, 2.75) is 20.4 Å². The highest BCUT2D eigenvalue weighted by molar-refractivity contribution is 5.79. The van der Waals surface area contributed by atoms with Crippen molar-refractivity contribution in [2.75, 3.05) is 6.61 Å². The first-order valence-electron chi connectivity index (χ1n) is 7.25. The summed E-state index contributed by atoms with van der Waals surface area (Å²) < 4.78 is 16.7.